The van der Waals surface area contributed by atoms with Gasteiger partial charge in [-0.15, -0.1) is 0 Å². The summed E-state index contributed by atoms with van der Waals surface area (Å²) in [5.74, 6) is 0.549. The summed E-state index contributed by atoms with van der Waals surface area (Å²) in [5.41, 5.74) is 0. The van der Waals surface area contributed by atoms with Crippen LogP contribution in [0.1, 0.15) is 51.4 Å². The Morgan fingerprint density at radius 2 is 1.77 bits per heavy atom. The molecule has 1 rings (SSSR count). The molecular weight excluding hydrogens is 164 g/mol. The molecule has 0 aromatic rings. The van der Waals surface area contributed by atoms with Crippen LogP contribution in [0.4, 0.5) is 0 Å². The third kappa shape index (κ3) is 4.10. The minimum Gasteiger partial charge on any atom is -0.396 e. The highest BCUT2D eigenvalue weighted by molar-refractivity contribution is 4.72. The predicted molar refractivity (Wildman–Crippen MR) is 53.5 cm³/mol. The first-order valence-corrected chi connectivity index (χ1v) is 5.63. The fourth-order valence-electron chi connectivity index (χ4n) is 2.22. The number of hydrogen-bond acceptors (Lipinski definition) is 2. The van der Waals surface area contributed by atoms with Gasteiger partial charge in [-0.1, -0.05) is 19.3 Å². The van der Waals surface area contributed by atoms with Gasteiger partial charge in [-0.25, -0.2) is 0 Å². The fraction of sp³-hybridized carbons (Fsp3) is 1.00. The van der Waals surface area contributed by atoms with Crippen molar-refractivity contribution in [3.05, 3.63) is 0 Å². The van der Waals surface area contributed by atoms with Gasteiger partial charge in [0.25, 0.3) is 0 Å². The van der Waals surface area contributed by atoms with E-state index in [2.05, 4.69) is 0 Å². The first-order chi connectivity index (χ1) is 6.34. The first-order valence-electron chi connectivity index (χ1n) is 5.63. The molecule has 0 bridgehead atoms. The van der Waals surface area contributed by atoms with Crippen molar-refractivity contribution in [2.45, 2.75) is 57.5 Å². The Morgan fingerprint density at radius 1 is 1.08 bits per heavy atom. The van der Waals surface area contributed by atoms with E-state index < -0.39 is 0 Å². The van der Waals surface area contributed by atoms with Crippen molar-refractivity contribution in [2.75, 3.05) is 6.61 Å². The molecule has 0 aliphatic heterocycles. The lowest BCUT2D eigenvalue weighted by Gasteiger charge is -2.26. The molecule has 0 amide bonds. The molecule has 1 atom stereocenters. The van der Waals surface area contributed by atoms with Gasteiger partial charge in [0.2, 0.25) is 0 Å². The molecule has 13 heavy (non-hydrogen) atoms. The molecule has 0 spiro atoms. The van der Waals surface area contributed by atoms with E-state index in [0.29, 0.717) is 5.92 Å². The Kier molecular flexibility index (Phi) is 5.40. The van der Waals surface area contributed by atoms with Gasteiger partial charge < -0.3 is 10.2 Å². The van der Waals surface area contributed by atoms with Crippen molar-refractivity contribution in [1.82, 2.24) is 0 Å². The second-order valence-corrected chi connectivity index (χ2v) is 4.18. The molecule has 2 N–H and O–H groups in total. The Hall–Kier alpha value is -0.0800. The fourth-order valence-corrected chi connectivity index (χ4v) is 2.22. The molecule has 2 heteroatoms. The van der Waals surface area contributed by atoms with E-state index in [1.165, 1.54) is 32.1 Å². The van der Waals surface area contributed by atoms with Crippen LogP contribution >= 0.6 is 0 Å². The second kappa shape index (κ2) is 6.39. The number of unbranched alkanes of at least 4 members (excludes halogenated alkanes) is 1. The molecule has 1 saturated carbocycles. The van der Waals surface area contributed by atoms with E-state index in [4.69, 9.17) is 5.11 Å². The molecular formula is C11H22O2. The Labute approximate surface area is 81.0 Å². The zero-order valence-corrected chi connectivity index (χ0v) is 8.41. The maximum Gasteiger partial charge on any atom is 0.0568 e. The monoisotopic (exact) mass is 186 g/mol. The summed E-state index contributed by atoms with van der Waals surface area (Å²) in [5, 5.41) is 18.4. The summed E-state index contributed by atoms with van der Waals surface area (Å²) < 4.78 is 0. The molecule has 78 valence electrons. The van der Waals surface area contributed by atoms with E-state index >= 15 is 0 Å². The summed E-state index contributed by atoms with van der Waals surface area (Å²) in [7, 11) is 0. The molecule has 0 radical (unpaired) electrons. The number of aliphatic hydroxyl groups is 2. The van der Waals surface area contributed by atoms with Crippen molar-refractivity contribution >= 4 is 0 Å². The van der Waals surface area contributed by atoms with Gasteiger partial charge in [-0.3, -0.25) is 0 Å². The molecule has 0 aromatic heterocycles. The smallest absolute Gasteiger partial charge is 0.0568 e. The summed E-state index contributed by atoms with van der Waals surface area (Å²) in [6.07, 6.45) is 8.93. The Balaban J connectivity index is 2.09. The van der Waals surface area contributed by atoms with Crippen molar-refractivity contribution in [3.63, 3.8) is 0 Å². The molecule has 1 fully saturated rings. The van der Waals surface area contributed by atoms with Crippen molar-refractivity contribution in [2.24, 2.45) is 5.92 Å². The van der Waals surface area contributed by atoms with E-state index in [9.17, 15) is 5.11 Å². The standard InChI is InChI=1S/C11H22O2/c12-9-5-4-8-11(13)10-6-2-1-3-7-10/h10-13H,1-9H2. The van der Waals surface area contributed by atoms with Crippen LogP contribution in [0, 0.1) is 5.92 Å². The van der Waals surface area contributed by atoms with Gasteiger partial charge in [-0.2, -0.15) is 0 Å². The second-order valence-electron chi connectivity index (χ2n) is 4.18. The van der Waals surface area contributed by atoms with Gasteiger partial charge in [0.05, 0.1) is 6.10 Å². The SMILES string of the molecule is OCCCCC(O)C1CCCCC1. The third-order valence-electron chi connectivity index (χ3n) is 3.10. The zero-order chi connectivity index (χ0) is 9.52. The van der Waals surface area contributed by atoms with Crippen LogP contribution in [0.15, 0.2) is 0 Å². The van der Waals surface area contributed by atoms with Crippen molar-refractivity contribution < 1.29 is 10.2 Å². The quantitative estimate of drug-likeness (QED) is 0.645. The average molecular weight is 186 g/mol. The van der Waals surface area contributed by atoms with Crippen LogP contribution in [0.3, 0.4) is 0 Å². The minimum absolute atomic E-state index is 0.105. The van der Waals surface area contributed by atoms with Crippen LogP contribution in [0.25, 0.3) is 0 Å². The van der Waals surface area contributed by atoms with E-state index in [1.54, 1.807) is 0 Å². The van der Waals surface area contributed by atoms with Crippen LogP contribution < -0.4 is 0 Å². The van der Waals surface area contributed by atoms with Crippen molar-refractivity contribution in [3.8, 4) is 0 Å². The molecule has 0 heterocycles. The van der Waals surface area contributed by atoms with Crippen LogP contribution in [-0.2, 0) is 0 Å². The Morgan fingerprint density at radius 3 is 2.38 bits per heavy atom. The molecule has 1 aliphatic rings. The lowest BCUT2D eigenvalue weighted by molar-refractivity contribution is 0.0736. The zero-order valence-electron chi connectivity index (χ0n) is 8.41. The Bertz CT molecular complexity index is 119. The summed E-state index contributed by atoms with van der Waals surface area (Å²) >= 11 is 0. The highest BCUT2D eigenvalue weighted by Crippen LogP contribution is 2.28. The summed E-state index contributed by atoms with van der Waals surface area (Å²) in [6, 6.07) is 0. The van der Waals surface area contributed by atoms with E-state index in [0.717, 1.165) is 19.3 Å². The number of aliphatic hydroxyl groups excluding tert-OH is 2. The average Bonchev–Trinajstić information content (AvgIpc) is 2.19. The molecule has 1 unspecified atom stereocenters. The van der Waals surface area contributed by atoms with Gasteiger partial charge in [0, 0.05) is 6.61 Å². The minimum atomic E-state index is -0.105. The lowest BCUT2D eigenvalue weighted by atomic mass is 9.83. The maximum absolute atomic E-state index is 9.82. The van der Waals surface area contributed by atoms with E-state index in [-0.39, 0.29) is 12.7 Å². The van der Waals surface area contributed by atoms with Crippen LogP contribution in [-0.4, -0.2) is 22.9 Å². The molecule has 0 saturated heterocycles. The maximum atomic E-state index is 9.82. The third-order valence-corrected chi connectivity index (χ3v) is 3.10. The highest BCUT2D eigenvalue weighted by atomic mass is 16.3. The van der Waals surface area contributed by atoms with Gasteiger partial charge in [-0.05, 0) is 38.0 Å². The number of rotatable bonds is 5. The molecule has 1 aliphatic carbocycles. The summed E-state index contributed by atoms with van der Waals surface area (Å²) in [6.45, 7) is 0.261. The largest absolute Gasteiger partial charge is 0.396 e. The van der Waals surface area contributed by atoms with Crippen molar-refractivity contribution in [1.29, 1.82) is 0 Å². The predicted octanol–water partition coefficient (Wildman–Crippen LogP) is 2.09. The molecule has 0 aromatic carbocycles. The van der Waals surface area contributed by atoms with Crippen LogP contribution in [0.2, 0.25) is 0 Å². The summed E-state index contributed by atoms with van der Waals surface area (Å²) in [4.78, 5) is 0. The first kappa shape index (κ1) is 11.0. The highest BCUT2D eigenvalue weighted by Gasteiger charge is 2.20. The normalized spacial score (nSPS) is 21.7. The lowest BCUT2D eigenvalue weighted by Crippen LogP contribution is -2.22. The van der Waals surface area contributed by atoms with Gasteiger partial charge >= 0.3 is 0 Å². The van der Waals surface area contributed by atoms with Gasteiger partial charge in [0.15, 0.2) is 0 Å². The van der Waals surface area contributed by atoms with Gasteiger partial charge in [0.1, 0.15) is 0 Å². The number of hydrogen-bond donors (Lipinski definition) is 2. The van der Waals surface area contributed by atoms with E-state index in [1.807, 2.05) is 0 Å². The van der Waals surface area contributed by atoms with Crippen LogP contribution in [0.5, 0.6) is 0 Å². The topological polar surface area (TPSA) is 40.5 Å². The molecule has 2 nitrogen and oxygen atoms in total.